The van der Waals surface area contributed by atoms with E-state index in [2.05, 4.69) is 17.5 Å². The Hall–Kier alpha value is -1.06. The van der Waals surface area contributed by atoms with E-state index in [9.17, 15) is 4.79 Å². The van der Waals surface area contributed by atoms with Crippen LogP contribution >= 0.6 is 0 Å². The van der Waals surface area contributed by atoms with E-state index in [4.69, 9.17) is 5.11 Å². The van der Waals surface area contributed by atoms with Crippen LogP contribution in [0.4, 0.5) is 0 Å². The summed E-state index contributed by atoms with van der Waals surface area (Å²) in [5, 5.41) is 13.3. The number of hydrogen-bond acceptors (Lipinski definition) is 3. The van der Waals surface area contributed by atoms with E-state index >= 15 is 0 Å². The summed E-state index contributed by atoms with van der Waals surface area (Å²) in [5.41, 5.74) is 3.32. The molecule has 1 fully saturated rings. The summed E-state index contributed by atoms with van der Waals surface area (Å²) in [7, 11) is 0. The Bertz CT molecular complexity index is 271. The minimum Gasteiger partial charge on any atom is -0.477 e. The first kappa shape index (κ1) is 14.0. The van der Waals surface area contributed by atoms with Gasteiger partial charge < -0.3 is 10.5 Å². The number of carbonyl (C=O) groups is 1. The van der Waals surface area contributed by atoms with Gasteiger partial charge in [-0.1, -0.05) is 39.5 Å². The molecular formula is C13H24N2O2. The number of carboxylic acid groups (broad SMARTS) is 1. The Morgan fingerprint density at radius 2 is 2.06 bits per heavy atom. The number of nitrogens with zero attached hydrogens (tertiary/aromatic N) is 1. The highest BCUT2D eigenvalue weighted by molar-refractivity contribution is 6.36. The van der Waals surface area contributed by atoms with Gasteiger partial charge in [-0.15, -0.1) is 0 Å². The second kappa shape index (κ2) is 7.30. The number of carboxylic acids is 1. The molecule has 0 heterocycles. The van der Waals surface area contributed by atoms with Crippen LogP contribution in [0.25, 0.3) is 0 Å². The molecule has 1 rings (SSSR count). The lowest BCUT2D eigenvalue weighted by Crippen LogP contribution is -2.31. The summed E-state index contributed by atoms with van der Waals surface area (Å²) < 4.78 is 0. The summed E-state index contributed by atoms with van der Waals surface area (Å²) in [5.74, 6) is -0.872. The van der Waals surface area contributed by atoms with Crippen molar-refractivity contribution < 1.29 is 9.90 Å². The van der Waals surface area contributed by atoms with Crippen LogP contribution in [0.1, 0.15) is 58.8 Å². The monoisotopic (exact) mass is 240 g/mol. The molecule has 0 aliphatic heterocycles. The van der Waals surface area contributed by atoms with Gasteiger partial charge in [0, 0.05) is 12.0 Å². The van der Waals surface area contributed by atoms with Crippen molar-refractivity contribution in [2.75, 3.05) is 0 Å². The second-order valence-electron chi connectivity index (χ2n) is 4.96. The van der Waals surface area contributed by atoms with Gasteiger partial charge in [0.1, 0.15) is 5.71 Å². The first-order chi connectivity index (χ1) is 8.15. The smallest absolute Gasteiger partial charge is 0.352 e. The van der Waals surface area contributed by atoms with Gasteiger partial charge in [0.25, 0.3) is 0 Å². The van der Waals surface area contributed by atoms with Gasteiger partial charge in [-0.3, -0.25) is 0 Å². The molecule has 2 N–H and O–H groups in total. The molecule has 0 radical (unpaired) electrons. The third kappa shape index (κ3) is 4.75. The highest BCUT2D eigenvalue weighted by Crippen LogP contribution is 2.17. The van der Waals surface area contributed by atoms with Crippen molar-refractivity contribution >= 4 is 11.7 Å². The summed E-state index contributed by atoms with van der Waals surface area (Å²) in [6, 6.07) is 0.368. The Labute approximate surface area is 103 Å². The zero-order valence-corrected chi connectivity index (χ0v) is 10.9. The number of nitrogens with one attached hydrogen (secondary N) is 1. The van der Waals surface area contributed by atoms with E-state index in [0.29, 0.717) is 6.04 Å². The SMILES string of the molecule is CCCC(C)C(=NNC1CCCCC1)C(=O)O. The fourth-order valence-corrected chi connectivity index (χ4v) is 2.33. The number of rotatable bonds is 6. The van der Waals surface area contributed by atoms with E-state index in [-0.39, 0.29) is 11.6 Å². The van der Waals surface area contributed by atoms with Gasteiger partial charge >= 0.3 is 5.97 Å². The molecule has 0 aromatic rings. The van der Waals surface area contributed by atoms with Crippen LogP contribution in [0.15, 0.2) is 5.10 Å². The predicted molar refractivity (Wildman–Crippen MR) is 69.2 cm³/mol. The van der Waals surface area contributed by atoms with Crippen molar-refractivity contribution in [3.8, 4) is 0 Å². The maximum Gasteiger partial charge on any atom is 0.352 e. The van der Waals surface area contributed by atoms with Gasteiger partial charge in [0.2, 0.25) is 0 Å². The molecule has 0 saturated heterocycles. The number of hydrazone groups is 1. The first-order valence-corrected chi connectivity index (χ1v) is 6.71. The lowest BCUT2D eigenvalue weighted by atomic mass is 9.96. The van der Waals surface area contributed by atoms with Crippen LogP contribution in [0.3, 0.4) is 0 Å². The molecule has 1 aliphatic carbocycles. The number of hydrogen-bond donors (Lipinski definition) is 2. The van der Waals surface area contributed by atoms with Crippen molar-refractivity contribution in [1.82, 2.24) is 5.43 Å². The molecule has 0 aromatic heterocycles. The maximum atomic E-state index is 11.1. The Kier molecular flexibility index (Phi) is 6.01. The zero-order valence-electron chi connectivity index (χ0n) is 10.9. The highest BCUT2D eigenvalue weighted by atomic mass is 16.4. The summed E-state index contributed by atoms with van der Waals surface area (Å²) in [6.45, 7) is 3.99. The standard InChI is InChI=1S/C13H24N2O2/c1-3-7-10(2)12(13(16)17)15-14-11-8-5-4-6-9-11/h10-11,14H,3-9H2,1-2H3,(H,16,17). The fraction of sp³-hybridized carbons (Fsp3) is 0.846. The normalized spacial score (nSPS) is 20.0. The van der Waals surface area contributed by atoms with Crippen LogP contribution in [0.5, 0.6) is 0 Å². The van der Waals surface area contributed by atoms with Crippen LogP contribution < -0.4 is 5.43 Å². The van der Waals surface area contributed by atoms with Crippen molar-refractivity contribution in [2.45, 2.75) is 64.8 Å². The van der Waals surface area contributed by atoms with Crippen LogP contribution in [-0.2, 0) is 4.79 Å². The molecule has 1 saturated carbocycles. The van der Waals surface area contributed by atoms with Crippen molar-refractivity contribution in [1.29, 1.82) is 0 Å². The molecule has 1 aliphatic rings. The van der Waals surface area contributed by atoms with Crippen molar-refractivity contribution in [3.63, 3.8) is 0 Å². The van der Waals surface area contributed by atoms with Gasteiger partial charge in [-0.25, -0.2) is 4.79 Å². The average Bonchev–Trinajstić information content (AvgIpc) is 2.30. The molecule has 0 aromatic carbocycles. The molecule has 0 amide bonds. The van der Waals surface area contributed by atoms with Gasteiger partial charge in [0.15, 0.2) is 0 Å². The third-order valence-corrected chi connectivity index (χ3v) is 3.38. The van der Waals surface area contributed by atoms with E-state index < -0.39 is 5.97 Å². The predicted octanol–water partition coefficient (Wildman–Crippen LogP) is 2.79. The molecule has 1 atom stereocenters. The molecule has 98 valence electrons. The molecule has 4 nitrogen and oxygen atoms in total. The average molecular weight is 240 g/mol. The Balaban J connectivity index is 2.53. The molecule has 0 spiro atoms. The first-order valence-electron chi connectivity index (χ1n) is 6.71. The quantitative estimate of drug-likeness (QED) is 0.554. The molecule has 0 bridgehead atoms. The highest BCUT2D eigenvalue weighted by Gasteiger charge is 2.19. The third-order valence-electron chi connectivity index (χ3n) is 3.38. The molecular weight excluding hydrogens is 216 g/mol. The van der Waals surface area contributed by atoms with Crippen molar-refractivity contribution in [2.24, 2.45) is 11.0 Å². The van der Waals surface area contributed by atoms with E-state index in [1.165, 1.54) is 19.3 Å². The van der Waals surface area contributed by atoms with Gasteiger partial charge in [-0.2, -0.15) is 5.10 Å². The largest absolute Gasteiger partial charge is 0.477 e. The molecule has 1 unspecified atom stereocenters. The maximum absolute atomic E-state index is 11.1. The van der Waals surface area contributed by atoms with Crippen LogP contribution in [0.2, 0.25) is 0 Å². The Morgan fingerprint density at radius 1 is 1.41 bits per heavy atom. The van der Waals surface area contributed by atoms with E-state index in [1.54, 1.807) is 0 Å². The van der Waals surface area contributed by atoms with E-state index in [0.717, 1.165) is 25.7 Å². The Morgan fingerprint density at radius 3 is 2.59 bits per heavy atom. The van der Waals surface area contributed by atoms with Crippen LogP contribution in [-0.4, -0.2) is 22.8 Å². The lowest BCUT2D eigenvalue weighted by Gasteiger charge is -2.21. The summed E-state index contributed by atoms with van der Waals surface area (Å²) in [6.07, 6.45) is 7.81. The number of aliphatic carboxylic acids is 1. The van der Waals surface area contributed by atoms with Crippen molar-refractivity contribution in [3.05, 3.63) is 0 Å². The molecule has 17 heavy (non-hydrogen) atoms. The van der Waals surface area contributed by atoms with E-state index in [1.807, 2.05) is 6.92 Å². The lowest BCUT2D eigenvalue weighted by molar-refractivity contribution is -0.129. The fourth-order valence-electron chi connectivity index (χ4n) is 2.33. The minimum atomic E-state index is -0.894. The van der Waals surface area contributed by atoms with Gasteiger partial charge in [0.05, 0.1) is 0 Å². The summed E-state index contributed by atoms with van der Waals surface area (Å²) >= 11 is 0. The topological polar surface area (TPSA) is 61.7 Å². The van der Waals surface area contributed by atoms with Crippen LogP contribution in [0, 0.1) is 5.92 Å². The van der Waals surface area contributed by atoms with Gasteiger partial charge in [-0.05, 0) is 19.3 Å². The molecule has 4 heteroatoms. The summed E-state index contributed by atoms with van der Waals surface area (Å²) in [4.78, 5) is 11.1. The zero-order chi connectivity index (χ0) is 12.7. The second-order valence-corrected chi connectivity index (χ2v) is 4.96. The minimum absolute atomic E-state index is 0.0218.